The van der Waals surface area contributed by atoms with Gasteiger partial charge >= 0.3 is 5.97 Å². The average Bonchev–Trinajstić information content (AvgIpc) is 2.63. The largest absolute Gasteiger partial charge is 0.496 e. The second-order valence-corrected chi connectivity index (χ2v) is 5.95. The second kappa shape index (κ2) is 8.31. The van der Waals surface area contributed by atoms with Gasteiger partial charge in [-0.15, -0.1) is 0 Å². The molecule has 0 unspecified atom stereocenters. The van der Waals surface area contributed by atoms with Gasteiger partial charge < -0.3 is 14.8 Å². The molecule has 2 aromatic carbocycles. The van der Waals surface area contributed by atoms with Crippen molar-refractivity contribution >= 4 is 23.3 Å². The molecular formula is C19H20N2O6. The van der Waals surface area contributed by atoms with Crippen LogP contribution < -0.4 is 10.1 Å². The van der Waals surface area contributed by atoms with Crippen LogP contribution in [0.15, 0.2) is 36.4 Å². The Morgan fingerprint density at radius 2 is 1.78 bits per heavy atom. The highest BCUT2D eigenvalue weighted by Crippen LogP contribution is 2.25. The Balaban J connectivity index is 2.16. The van der Waals surface area contributed by atoms with Crippen LogP contribution in [0.2, 0.25) is 0 Å². The number of nitrogens with one attached hydrogen (secondary N) is 1. The molecule has 1 N–H and O–H groups in total. The number of benzene rings is 2. The summed E-state index contributed by atoms with van der Waals surface area (Å²) in [6, 6.07) is 9.15. The van der Waals surface area contributed by atoms with Gasteiger partial charge in [0.2, 0.25) is 0 Å². The van der Waals surface area contributed by atoms with Crippen molar-refractivity contribution in [3.63, 3.8) is 0 Å². The maximum Gasteiger partial charge on any atom is 0.342 e. The standard InChI is InChI=1S/C19H20N2O6/c1-11-6-5-7-12(2)17(11)20-18(22)13(3)27-19(23)15-10-14(21(24)25)8-9-16(15)26-4/h5-10,13H,1-4H3,(H,20,22)/t13-/m1/s1. The molecule has 0 saturated heterocycles. The molecule has 0 heterocycles. The molecule has 0 radical (unpaired) electrons. The number of hydrogen-bond acceptors (Lipinski definition) is 6. The summed E-state index contributed by atoms with van der Waals surface area (Å²) in [5, 5.41) is 13.7. The maximum atomic E-state index is 12.4. The molecule has 1 atom stereocenters. The van der Waals surface area contributed by atoms with E-state index in [1.54, 1.807) is 0 Å². The van der Waals surface area contributed by atoms with Crippen LogP contribution in [-0.2, 0) is 9.53 Å². The molecule has 0 fully saturated rings. The molecular weight excluding hydrogens is 352 g/mol. The number of nitro groups is 1. The fourth-order valence-corrected chi connectivity index (χ4v) is 2.48. The Kier molecular flexibility index (Phi) is 6.12. The first-order valence-electron chi connectivity index (χ1n) is 8.15. The summed E-state index contributed by atoms with van der Waals surface area (Å²) in [5.41, 5.74) is 2.00. The van der Waals surface area contributed by atoms with Crippen LogP contribution in [0.4, 0.5) is 11.4 Å². The van der Waals surface area contributed by atoms with Crippen molar-refractivity contribution in [2.45, 2.75) is 26.9 Å². The van der Waals surface area contributed by atoms with Gasteiger partial charge in [-0.1, -0.05) is 18.2 Å². The Bertz CT molecular complexity index is 874. The predicted molar refractivity (Wildman–Crippen MR) is 99.1 cm³/mol. The van der Waals surface area contributed by atoms with Crippen molar-refractivity contribution in [1.82, 2.24) is 0 Å². The van der Waals surface area contributed by atoms with Crippen LogP contribution in [-0.4, -0.2) is 30.0 Å². The SMILES string of the molecule is COc1ccc([N+](=O)[O-])cc1C(=O)O[C@H](C)C(=O)Nc1c(C)cccc1C. The molecule has 0 aliphatic carbocycles. The number of rotatable bonds is 6. The van der Waals surface area contributed by atoms with Gasteiger partial charge in [0.15, 0.2) is 6.10 Å². The number of anilines is 1. The van der Waals surface area contributed by atoms with Crippen LogP contribution in [0.25, 0.3) is 0 Å². The molecule has 2 aromatic rings. The number of esters is 1. The highest BCUT2D eigenvalue weighted by Gasteiger charge is 2.24. The Labute approximate surface area is 156 Å². The molecule has 2 rings (SSSR count). The number of carbonyl (C=O) groups is 2. The van der Waals surface area contributed by atoms with Gasteiger partial charge in [-0.3, -0.25) is 14.9 Å². The molecule has 8 nitrogen and oxygen atoms in total. The fourth-order valence-electron chi connectivity index (χ4n) is 2.48. The van der Waals surface area contributed by atoms with E-state index in [4.69, 9.17) is 9.47 Å². The third-order valence-electron chi connectivity index (χ3n) is 4.00. The minimum absolute atomic E-state index is 0.118. The molecule has 0 spiro atoms. The van der Waals surface area contributed by atoms with Crippen molar-refractivity contribution in [3.8, 4) is 5.75 Å². The van der Waals surface area contributed by atoms with E-state index in [9.17, 15) is 19.7 Å². The molecule has 0 aliphatic rings. The van der Waals surface area contributed by atoms with Crippen LogP contribution in [0.3, 0.4) is 0 Å². The van der Waals surface area contributed by atoms with E-state index in [-0.39, 0.29) is 17.0 Å². The summed E-state index contributed by atoms with van der Waals surface area (Å²) < 4.78 is 10.2. The van der Waals surface area contributed by atoms with E-state index < -0.39 is 22.9 Å². The molecule has 0 bridgehead atoms. The highest BCUT2D eigenvalue weighted by molar-refractivity contribution is 5.99. The average molecular weight is 372 g/mol. The van der Waals surface area contributed by atoms with E-state index in [2.05, 4.69) is 5.32 Å². The van der Waals surface area contributed by atoms with Crippen molar-refractivity contribution in [3.05, 3.63) is 63.2 Å². The first-order chi connectivity index (χ1) is 12.7. The van der Waals surface area contributed by atoms with Crippen molar-refractivity contribution in [2.24, 2.45) is 0 Å². The van der Waals surface area contributed by atoms with Gasteiger partial charge in [-0.05, 0) is 38.0 Å². The first-order valence-corrected chi connectivity index (χ1v) is 8.15. The summed E-state index contributed by atoms with van der Waals surface area (Å²) in [6.45, 7) is 5.13. The van der Waals surface area contributed by atoms with E-state index >= 15 is 0 Å². The predicted octanol–water partition coefficient (Wildman–Crippen LogP) is 3.40. The topological polar surface area (TPSA) is 108 Å². The van der Waals surface area contributed by atoms with E-state index in [0.717, 1.165) is 17.2 Å². The van der Waals surface area contributed by atoms with Gasteiger partial charge in [0.25, 0.3) is 11.6 Å². The second-order valence-electron chi connectivity index (χ2n) is 5.95. The molecule has 142 valence electrons. The Morgan fingerprint density at radius 3 is 2.33 bits per heavy atom. The van der Waals surface area contributed by atoms with Gasteiger partial charge in [0.05, 0.1) is 12.0 Å². The number of hydrogen-bond donors (Lipinski definition) is 1. The summed E-state index contributed by atoms with van der Waals surface area (Å²) in [4.78, 5) is 35.1. The molecule has 27 heavy (non-hydrogen) atoms. The van der Waals surface area contributed by atoms with E-state index in [0.29, 0.717) is 5.69 Å². The minimum Gasteiger partial charge on any atom is -0.496 e. The number of carbonyl (C=O) groups excluding carboxylic acids is 2. The molecule has 8 heteroatoms. The fraction of sp³-hybridized carbons (Fsp3) is 0.263. The van der Waals surface area contributed by atoms with Crippen LogP contribution in [0.1, 0.15) is 28.4 Å². The molecule has 0 aromatic heterocycles. The maximum absolute atomic E-state index is 12.4. The number of para-hydroxylation sites is 1. The lowest BCUT2D eigenvalue weighted by Crippen LogP contribution is -2.30. The molecule has 0 saturated carbocycles. The van der Waals surface area contributed by atoms with Crippen molar-refractivity contribution < 1.29 is 24.0 Å². The first kappa shape index (κ1) is 19.9. The normalized spacial score (nSPS) is 11.4. The third-order valence-corrected chi connectivity index (χ3v) is 4.00. The summed E-state index contributed by atoms with van der Waals surface area (Å²) >= 11 is 0. The van der Waals surface area contributed by atoms with Crippen molar-refractivity contribution in [2.75, 3.05) is 12.4 Å². The van der Waals surface area contributed by atoms with Gasteiger partial charge in [0.1, 0.15) is 11.3 Å². The quantitative estimate of drug-likeness (QED) is 0.473. The third kappa shape index (κ3) is 4.60. The zero-order chi connectivity index (χ0) is 20.1. The van der Waals surface area contributed by atoms with Gasteiger partial charge in [-0.25, -0.2) is 4.79 Å². The van der Waals surface area contributed by atoms with Gasteiger partial charge in [-0.2, -0.15) is 0 Å². The van der Waals surface area contributed by atoms with E-state index in [1.807, 2.05) is 32.0 Å². The number of ether oxygens (including phenoxy) is 2. The number of nitro benzene ring substituents is 1. The van der Waals surface area contributed by atoms with Crippen LogP contribution in [0, 0.1) is 24.0 Å². The summed E-state index contributed by atoms with van der Waals surface area (Å²) in [6.07, 6.45) is -1.11. The number of methoxy groups -OCH3 is 1. The summed E-state index contributed by atoms with van der Waals surface area (Å²) in [7, 11) is 1.33. The minimum atomic E-state index is -1.11. The number of aryl methyl sites for hydroxylation is 2. The number of nitrogens with zero attached hydrogens (tertiary/aromatic N) is 1. The van der Waals surface area contributed by atoms with Crippen molar-refractivity contribution in [1.29, 1.82) is 0 Å². The zero-order valence-corrected chi connectivity index (χ0v) is 15.4. The highest BCUT2D eigenvalue weighted by atomic mass is 16.6. The summed E-state index contributed by atoms with van der Waals surface area (Å²) in [5.74, 6) is -1.28. The lowest BCUT2D eigenvalue weighted by Gasteiger charge is -2.16. The monoisotopic (exact) mass is 372 g/mol. The molecule has 1 amide bonds. The lowest BCUT2D eigenvalue weighted by atomic mass is 10.1. The Morgan fingerprint density at radius 1 is 1.15 bits per heavy atom. The molecule has 0 aliphatic heterocycles. The smallest absolute Gasteiger partial charge is 0.342 e. The van der Waals surface area contributed by atoms with Crippen LogP contribution in [0.5, 0.6) is 5.75 Å². The Hall–Kier alpha value is -3.42. The van der Waals surface area contributed by atoms with Crippen LogP contribution >= 0.6 is 0 Å². The van der Waals surface area contributed by atoms with Gasteiger partial charge in [0, 0.05) is 17.8 Å². The zero-order valence-electron chi connectivity index (χ0n) is 15.4. The lowest BCUT2D eigenvalue weighted by molar-refractivity contribution is -0.384. The van der Waals surface area contributed by atoms with E-state index in [1.165, 1.54) is 26.2 Å². The number of amides is 1. The number of non-ortho nitro benzene ring substituents is 1.